The van der Waals surface area contributed by atoms with Crippen LogP contribution in [0.1, 0.15) is 49.6 Å². The Morgan fingerprint density at radius 3 is 3.10 bits per heavy atom. The summed E-state index contributed by atoms with van der Waals surface area (Å²) in [5.41, 5.74) is 0.901. The zero-order chi connectivity index (χ0) is 13.9. The fourth-order valence-electron chi connectivity index (χ4n) is 3.20. The van der Waals surface area contributed by atoms with Crippen LogP contribution in [0.15, 0.2) is 10.6 Å². The molecule has 0 aliphatic carbocycles. The number of rotatable bonds is 4. The molecule has 3 rings (SSSR count). The van der Waals surface area contributed by atoms with Crippen molar-refractivity contribution in [2.75, 3.05) is 19.8 Å². The number of hydrogen-bond acceptors (Lipinski definition) is 4. The number of carbonyl (C=O) groups is 1. The fourth-order valence-corrected chi connectivity index (χ4v) is 3.20. The maximum Gasteiger partial charge on any atom is 0.223 e. The molecule has 2 aliphatic rings. The third-order valence-corrected chi connectivity index (χ3v) is 4.35. The lowest BCUT2D eigenvalue weighted by Gasteiger charge is -2.23. The summed E-state index contributed by atoms with van der Waals surface area (Å²) in [6.07, 6.45) is 4.71. The molecule has 0 saturated carbocycles. The lowest BCUT2D eigenvalue weighted by atomic mass is 10.0. The minimum absolute atomic E-state index is 0.111. The maximum absolute atomic E-state index is 12.4. The molecular weight excluding hydrogens is 256 g/mol. The van der Waals surface area contributed by atoms with Crippen LogP contribution in [-0.4, -0.2) is 35.7 Å². The molecule has 0 radical (unpaired) electrons. The number of aromatic nitrogens is 1. The summed E-state index contributed by atoms with van der Waals surface area (Å²) in [4.78, 5) is 14.4. The molecular formula is C15H22N2O3. The van der Waals surface area contributed by atoms with Crippen LogP contribution in [0, 0.1) is 12.8 Å². The molecule has 1 aromatic heterocycles. The van der Waals surface area contributed by atoms with Gasteiger partial charge in [-0.25, -0.2) is 0 Å². The van der Waals surface area contributed by atoms with Crippen molar-refractivity contribution in [1.29, 1.82) is 0 Å². The average Bonchev–Trinajstić information content (AvgIpc) is 3.16. The molecule has 1 amide bonds. The van der Waals surface area contributed by atoms with E-state index in [4.69, 9.17) is 9.26 Å². The number of likely N-dealkylation sites (tertiary alicyclic amines) is 1. The van der Waals surface area contributed by atoms with Gasteiger partial charge in [0.15, 0.2) is 0 Å². The van der Waals surface area contributed by atoms with Gasteiger partial charge in [-0.15, -0.1) is 0 Å². The number of nitrogens with zero attached hydrogens (tertiary/aromatic N) is 2. The molecule has 0 spiro atoms. The van der Waals surface area contributed by atoms with E-state index < -0.39 is 0 Å². The van der Waals surface area contributed by atoms with Crippen LogP contribution in [0.5, 0.6) is 0 Å². The van der Waals surface area contributed by atoms with Crippen molar-refractivity contribution in [2.45, 2.75) is 45.1 Å². The molecule has 3 heterocycles. The third-order valence-electron chi connectivity index (χ3n) is 4.35. The summed E-state index contributed by atoms with van der Waals surface area (Å²) < 4.78 is 10.5. The molecule has 110 valence electrons. The fraction of sp³-hybridized carbons (Fsp3) is 0.733. The molecule has 0 aromatic carbocycles. The highest BCUT2D eigenvalue weighted by Crippen LogP contribution is 2.32. The van der Waals surface area contributed by atoms with Gasteiger partial charge in [0.1, 0.15) is 11.5 Å². The third kappa shape index (κ3) is 2.87. The summed E-state index contributed by atoms with van der Waals surface area (Å²) >= 11 is 0. The lowest BCUT2D eigenvalue weighted by Crippen LogP contribution is -2.30. The van der Waals surface area contributed by atoms with Gasteiger partial charge in [0.05, 0.1) is 6.04 Å². The molecule has 2 atom stereocenters. The van der Waals surface area contributed by atoms with Gasteiger partial charge in [-0.3, -0.25) is 4.79 Å². The predicted octanol–water partition coefficient (Wildman–Crippen LogP) is 2.46. The Kier molecular flexibility index (Phi) is 4.05. The second-order valence-corrected chi connectivity index (χ2v) is 5.88. The summed E-state index contributed by atoms with van der Waals surface area (Å²) in [7, 11) is 0. The number of carbonyl (C=O) groups excluding carboxylic acids is 1. The van der Waals surface area contributed by atoms with E-state index in [1.165, 1.54) is 0 Å². The Bertz CT molecular complexity index is 465. The van der Waals surface area contributed by atoms with Crippen LogP contribution in [0.25, 0.3) is 0 Å². The highest BCUT2D eigenvalue weighted by atomic mass is 16.5. The predicted molar refractivity (Wildman–Crippen MR) is 73.1 cm³/mol. The van der Waals surface area contributed by atoms with E-state index in [1.54, 1.807) is 0 Å². The number of amides is 1. The van der Waals surface area contributed by atoms with Gasteiger partial charge in [-0.2, -0.15) is 0 Å². The smallest absolute Gasteiger partial charge is 0.223 e. The minimum atomic E-state index is 0.111. The molecule has 1 aromatic rings. The van der Waals surface area contributed by atoms with E-state index >= 15 is 0 Å². The summed E-state index contributed by atoms with van der Waals surface area (Å²) in [6, 6.07) is 2.06. The van der Waals surface area contributed by atoms with Crippen LogP contribution in [0.4, 0.5) is 0 Å². The maximum atomic E-state index is 12.4. The molecule has 5 heteroatoms. The number of aryl methyl sites for hydroxylation is 1. The van der Waals surface area contributed by atoms with Gasteiger partial charge < -0.3 is 14.2 Å². The van der Waals surface area contributed by atoms with Crippen LogP contribution >= 0.6 is 0 Å². The second-order valence-electron chi connectivity index (χ2n) is 5.88. The van der Waals surface area contributed by atoms with E-state index in [-0.39, 0.29) is 11.9 Å². The zero-order valence-electron chi connectivity index (χ0n) is 12.0. The molecule has 2 saturated heterocycles. The molecule has 20 heavy (non-hydrogen) atoms. The molecule has 0 bridgehead atoms. The van der Waals surface area contributed by atoms with Gasteiger partial charge in [-0.05, 0) is 38.5 Å². The largest absolute Gasteiger partial charge is 0.381 e. The first kappa shape index (κ1) is 13.6. The normalized spacial score (nSPS) is 26.4. The Labute approximate surface area is 119 Å². The lowest BCUT2D eigenvalue weighted by molar-refractivity contribution is -0.132. The summed E-state index contributed by atoms with van der Waals surface area (Å²) in [5, 5.41) is 4.08. The zero-order valence-corrected chi connectivity index (χ0v) is 12.0. The van der Waals surface area contributed by atoms with E-state index in [0.717, 1.165) is 56.9 Å². The monoisotopic (exact) mass is 278 g/mol. The SMILES string of the molecule is Cc1cc(C2CCCN2C(=O)CCC2CCOC2)no1. The minimum Gasteiger partial charge on any atom is -0.381 e. The Hall–Kier alpha value is -1.36. The van der Waals surface area contributed by atoms with Crippen molar-refractivity contribution in [3.63, 3.8) is 0 Å². The van der Waals surface area contributed by atoms with Crippen molar-refractivity contribution in [1.82, 2.24) is 10.1 Å². The van der Waals surface area contributed by atoms with Gasteiger partial charge in [0.25, 0.3) is 0 Å². The summed E-state index contributed by atoms with van der Waals surface area (Å²) in [6.45, 7) is 4.40. The number of ether oxygens (including phenoxy) is 1. The van der Waals surface area contributed by atoms with Gasteiger partial charge in [0.2, 0.25) is 5.91 Å². The molecule has 2 fully saturated rings. The molecule has 0 N–H and O–H groups in total. The van der Waals surface area contributed by atoms with Crippen LogP contribution in [-0.2, 0) is 9.53 Å². The first-order chi connectivity index (χ1) is 9.74. The van der Waals surface area contributed by atoms with Crippen molar-refractivity contribution in [2.24, 2.45) is 5.92 Å². The summed E-state index contributed by atoms with van der Waals surface area (Å²) in [5.74, 6) is 1.62. The average molecular weight is 278 g/mol. The first-order valence-corrected chi connectivity index (χ1v) is 7.54. The molecule has 5 nitrogen and oxygen atoms in total. The van der Waals surface area contributed by atoms with E-state index in [9.17, 15) is 4.79 Å². The van der Waals surface area contributed by atoms with Crippen LogP contribution in [0.2, 0.25) is 0 Å². The van der Waals surface area contributed by atoms with Crippen molar-refractivity contribution in [3.8, 4) is 0 Å². The van der Waals surface area contributed by atoms with Crippen molar-refractivity contribution in [3.05, 3.63) is 17.5 Å². The van der Waals surface area contributed by atoms with Crippen LogP contribution in [0.3, 0.4) is 0 Å². The van der Waals surface area contributed by atoms with Gasteiger partial charge >= 0.3 is 0 Å². The van der Waals surface area contributed by atoms with E-state index in [2.05, 4.69) is 5.16 Å². The highest BCUT2D eigenvalue weighted by Gasteiger charge is 2.32. The van der Waals surface area contributed by atoms with Crippen molar-refractivity contribution >= 4 is 5.91 Å². The van der Waals surface area contributed by atoms with Gasteiger partial charge in [-0.1, -0.05) is 5.16 Å². The first-order valence-electron chi connectivity index (χ1n) is 7.54. The van der Waals surface area contributed by atoms with E-state index in [0.29, 0.717) is 12.3 Å². The Morgan fingerprint density at radius 2 is 2.40 bits per heavy atom. The second kappa shape index (κ2) is 5.95. The number of hydrogen-bond donors (Lipinski definition) is 0. The topological polar surface area (TPSA) is 55.6 Å². The Morgan fingerprint density at radius 1 is 1.50 bits per heavy atom. The van der Waals surface area contributed by atoms with Crippen LogP contribution < -0.4 is 0 Å². The quantitative estimate of drug-likeness (QED) is 0.849. The molecule has 2 unspecified atom stereocenters. The van der Waals surface area contributed by atoms with E-state index in [1.807, 2.05) is 17.9 Å². The van der Waals surface area contributed by atoms with Gasteiger partial charge in [0, 0.05) is 32.2 Å². The highest BCUT2D eigenvalue weighted by molar-refractivity contribution is 5.77. The Balaban J connectivity index is 1.58. The standard InChI is InChI=1S/C15H22N2O3/c1-11-9-13(16-20-11)14-3-2-7-17(14)15(18)5-4-12-6-8-19-10-12/h9,12,14H,2-8,10H2,1H3. The van der Waals surface area contributed by atoms with Crippen molar-refractivity contribution < 1.29 is 14.1 Å². The molecule has 2 aliphatic heterocycles.